The van der Waals surface area contributed by atoms with Gasteiger partial charge in [-0.15, -0.1) is 0 Å². The normalized spacial score (nSPS) is 13.4. The Bertz CT molecular complexity index is 4790. The SMILES string of the molecule is Brc1ccc2c3cnccc3n(C(c3ccccc3)(c3ccccc3)c3ccccc3)c2n1.CC1(C)OB(c2ccnc([N+](=O)[O-])c2)OC1(C)C.O=[N+]([O-])c1cc(-c2ccc3c4cnccc4n(C(c4ccccc4)(c4ccccc4)c4ccccc4)c3n2)ccn1.[B]. The van der Waals surface area contributed by atoms with Crippen molar-refractivity contribution in [3.63, 3.8) is 0 Å². The summed E-state index contributed by atoms with van der Waals surface area (Å²) >= 11 is 3.62. The lowest BCUT2D eigenvalue weighted by atomic mass is 9.76. The van der Waals surface area contributed by atoms with Crippen molar-refractivity contribution in [2.24, 2.45) is 0 Å². The van der Waals surface area contributed by atoms with Crippen molar-refractivity contribution in [1.29, 1.82) is 0 Å². The number of aromatic nitrogens is 8. The molecule has 15 rings (SSSR count). The zero-order chi connectivity index (χ0) is 63.6. The van der Waals surface area contributed by atoms with Crippen molar-refractivity contribution in [1.82, 2.24) is 39.0 Å². The van der Waals surface area contributed by atoms with Crippen molar-refractivity contribution in [3.05, 3.63) is 338 Å². The molecule has 16 nitrogen and oxygen atoms in total. The van der Waals surface area contributed by atoms with Crippen LogP contribution in [0.1, 0.15) is 61.1 Å². The lowest BCUT2D eigenvalue weighted by Gasteiger charge is -2.38. The second kappa shape index (κ2) is 25.8. The highest BCUT2D eigenvalue weighted by atomic mass is 79.9. The van der Waals surface area contributed by atoms with Crippen LogP contribution in [0, 0.1) is 20.2 Å². The van der Waals surface area contributed by atoms with Crippen molar-refractivity contribution >= 4 is 92.4 Å². The molecule has 0 atom stereocenters. The van der Waals surface area contributed by atoms with Crippen LogP contribution < -0.4 is 5.46 Å². The van der Waals surface area contributed by atoms with Gasteiger partial charge in [-0.3, -0.25) is 9.97 Å². The summed E-state index contributed by atoms with van der Waals surface area (Å²) in [4.78, 5) is 47.8. The molecule has 0 amide bonds. The highest BCUT2D eigenvalue weighted by molar-refractivity contribution is 9.10. The van der Waals surface area contributed by atoms with Gasteiger partial charge >= 0.3 is 18.8 Å². The minimum absolute atomic E-state index is 0. The van der Waals surface area contributed by atoms with Crippen LogP contribution in [0.3, 0.4) is 0 Å². The number of hydrogen-bond donors (Lipinski definition) is 0. The van der Waals surface area contributed by atoms with Gasteiger partial charge < -0.3 is 38.7 Å². The second-order valence-electron chi connectivity index (χ2n) is 23.1. The molecule has 1 aliphatic rings. The number of pyridine rings is 6. The van der Waals surface area contributed by atoms with Gasteiger partial charge in [-0.1, -0.05) is 182 Å². The number of rotatable bonds is 12. The Hall–Kier alpha value is -10.9. The molecule has 6 aromatic carbocycles. The number of nitrogens with zero attached hydrogens (tertiary/aromatic N) is 10. The third-order valence-electron chi connectivity index (χ3n) is 17.3. The third-order valence-corrected chi connectivity index (χ3v) is 17.8. The summed E-state index contributed by atoms with van der Waals surface area (Å²) in [5.74, 6) is -0.427. The quantitative estimate of drug-likeness (QED) is 0.0370. The molecule has 0 spiro atoms. The van der Waals surface area contributed by atoms with E-state index in [1.807, 2.05) is 88.8 Å². The molecule has 0 unspecified atom stereocenters. The summed E-state index contributed by atoms with van der Waals surface area (Å²) < 4.78 is 17.1. The molecule has 9 heterocycles. The molecule has 1 saturated heterocycles. The molecule has 3 radical (unpaired) electrons. The maximum absolute atomic E-state index is 11.5. The van der Waals surface area contributed by atoms with Crippen molar-refractivity contribution < 1.29 is 19.2 Å². The smallest absolute Gasteiger partial charge is 0.399 e. The van der Waals surface area contributed by atoms with E-state index in [4.69, 9.17) is 19.3 Å². The third kappa shape index (κ3) is 11.3. The van der Waals surface area contributed by atoms with Gasteiger partial charge in [0.05, 0.1) is 27.9 Å². The second-order valence-corrected chi connectivity index (χ2v) is 23.9. The van der Waals surface area contributed by atoms with Crippen LogP contribution in [0.2, 0.25) is 0 Å². The highest BCUT2D eigenvalue weighted by Gasteiger charge is 2.52. The molecule has 0 aliphatic carbocycles. The lowest BCUT2D eigenvalue weighted by Crippen LogP contribution is -2.41. The van der Waals surface area contributed by atoms with E-state index in [1.54, 1.807) is 18.3 Å². The minimum atomic E-state index is -0.805. The van der Waals surface area contributed by atoms with Crippen LogP contribution >= 0.6 is 15.9 Å². The summed E-state index contributed by atoms with van der Waals surface area (Å²) in [6, 6.07) is 81.7. The van der Waals surface area contributed by atoms with Crippen molar-refractivity contribution in [3.8, 4) is 11.3 Å². The average molecular weight is 1280 g/mol. The van der Waals surface area contributed by atoms with E-state index in [-0.39, 0.29) is 20.0 Å². The molecule has 19 heteroatoms. The molecule has 1 fully saturated rings. The van der Waals surface area contributed by atoms with Gasteiger partial charge in [0.2, 0.25) is 0 Å². The lowest BCUT2D eigenvalue weighted by molar-refractivity contribution is -0.389. The molecule has 0 N–H and O–H groups in total. The number of fused-ring (bicyclic) bond motifs is 6. The zero-order valence-electron chi connectivity index (χ0n) is 51.0. The van der Waals surface area contributed by atoms with E-state index < -0.39 is 39.2 Å². The van der Waals surface area contributed by atoms with Crippen LogP contribution in [0.15, 0.2) is 284 Å². The number of hydrogen-bond acceptors (Lipinski definition) is 12. The summed E-state index contributed by atoms with van der Waals surface area (Å²) in [5, 5.41) is 26.2. The van der Waals surface area contributed by atoms with Crippen LogP contribution in [-0.2, 0) is 20.4 Å². The van der Waals surface area contributed by atoms with Gasteiger partial charge in [0, 0.05) is 72.4 Å². The monoisotopic (exact) mass is 1280 g/mol. The fraction of sp³-hybridized carbons (Fsp3) is 0.108. The fourth-order valence-corrected chi connectivity index (χ4v) is 12.8. The summed E-state index contributed by atoms with van der Waals surface area (Å²) in [6.07, 6.45) is 10.3. The number of halogens is 1. The molecule has 8 aromatic heterocycles. The summed E-state index contributed by atoms with van der Waals surface area (Å²) in [6.45, 7) is 7.73. The van der Waals surface area contributed by atoms with Crippen LogP contribution in [-0.4, -0.2) is 75.6 Å². The van der Waals surface area contributed by atoms with Crippen molar-refractivity contribution in [2.75, 3.05) is 0 Å². The van der Waals surface area contributed by atoms with E-state index >= 15 is 0 Å². The first-order valence-corrected chi connectivity index (χ1v) is 30.6. The molecular weight excluding hydrogens is 1230 g/mol. The van der Waals surface area contributed by atoms with Gasteiger partial charge in [0.15, 0.2) is 0 Å². The Balaban J connectivity index is 0.000000143. The molecule has 93 heavy (non-hydrogen) atoms. The molecule has 453 valence electrons. The minimum Gasteiger partial charge on any atom is -0.399 e. The van der Waals surface area contributed by atoms with E-state index in [0.717, 1.165) is 65.2 Å². The van der Waals surface area contributed by atoms with Gasteiger partial charge in [-0.2, -0.15) is 0 Å². The van der Waals surface area contributed by atoms with Gasteiger partial charge in [-0.05, 0) is 151 Å². The van der Waals surface area contributed by atoms with E-state index in [9.17, 15) is 20.2 Å². The number of benzene rings is 6. The van der Waals surface area contributed by atoms with Gasteiger partial charge in [0.1, 0.15) is 39.4 Å². The molecule has 0 saturated carbocycles. The largest absolute Gasteiger partial charge is 0.495 e. The van der Waals surface area contributed by atoms with Gasteiger partial charge in [-0.25, -0.2) is 9.97 Å². The maximum atomic E-state index is 11.5. The Morgan fingerprint density at radius 3 is 1.20 bits per heavy atom. The van der Waals surface area contributed by atoms with Crippen LogP contribution in [0.5, 0.6) is 0 Å². The Morgan fingerprint density at radius 1 is 0.441 bits per heavy atom. The first-order chi connectivity index (χ1) is 44.7. The standard InChI is InChI=1S/C34H23N5O2.C29H20BrN3.C11H15BN2O4.B/c40-39(41)32-22-24(18-21-36-32)30-17-16-28-29-23-35-20-19-31(29)38(33(28)37-30)34(25-10-4-1-5-11-25,26-12-6-2-7-13-26)27-14-8-3-9-15-27;30-27-17-16-24-25-20-31-19-18-26(25)33(28(24)32-27)29(21-10-4-1-5-11-21,22-12-6-2-7-13-22)23-14-8-3-9-15-23;1-10(2)11(3,4)18-12(17-10)8-5-6-13-9(7-8)14(15)16;/h1-23H;1-20H;5-7H,1-4H3;. The zero-order valence-corrected chi connectivity index (χ0v) is 52.6. The Morgan fingerprint density at radius 2 is 0.806 bits per heavy atom. The summed E-state index contributed by atoms with van der Waals surface area (Å²) in [7, 11) is -0.600. The van der Waals surface area contributed by atoms with E-state index in [0.29, 0.717) is 16.7 Å². The first-order valence-electron chi connectivity index (χ1n) is 29.8. The maximum Gasteiger partial charge on any atom is 0.495 e. The van der Waals surface area contributed by atoms with Crippen LogP contribution in [0.25, 0.3) is 55.1 Å². The topological polar surface area (TPSA) is 192 Å². The van der Waals surface area contributed by atoms with E-state index in [1.165, 1.54) is 41.2 Å². The molecule has 0 bridgehead atoms. The molecule has 1 aliphatic heterocycles. The fourth-order valence-electron chi connectivity index (χ4n) is 12.5. The van der Waals surface area contributed by atoms with Crippen molar-refractivity contribution in [2.45, 2.75) is 50.0 Å². The predicted molar refractivity (Wildman–Crippen MR) is 369 cm³/mol. The predicted octanol–water partition coefficient (Wildman–Crippen LogP) is 15.5. The Labute approximate surface area is 546 Å². The first kappa shape index (κ1) is 62.3. The Kier molecular flexibility index (Phi) is 17.3. The summed E-state index contributed by atoms with van der Waals surface area (Å²) in [5.41, 5.74) is 9.88. The van der Waals surface area contributed by atoms with E-state index in [2.05, 4.69) is 221 Å². The van der Waals surface area contributed by atoms with Gasteiger partial charge in [0.25, 0.3) is 0 Å². The molecular formula is C74H58B2BrN10O6. The van der Waals surface area contributed by atoms with Crippen LogP contribution in [0.4, 0.5) is 11.6 Å². The average Bonchev–Trinajstić information content (AvgIpc) is 1.70. The highest BCUT2D eigenvalue weighted by Crippen LogP contribution is 2.48. The number of nitro groups is 2. The molecule has 14 aromatic rings.